The van der Waals surface area contributed by atoms with Gasteiger partial charge >= 0.3 is 0 Å². The Morgan fingerprint density at radius 1 is 1.55 bits per heavy atom. The predicted octanol–water partition coefficient (Wildman–Crippen LogP) is 1.82. The molecule has 1 aromatic carbocycles. The lowest BCUT2D eigenvalue weighted by Gasteiger charge is -2.06. The molecule has 0 fully saturated rings. The van der Waals surface area contributed by atoms with Gasteiger partial charge in [-0.2, -0.15) is 0 Å². The summed E-state index contributed by atoms with van der Waals surface area (Å²) in [5, 5.41) is 0. The Bertz CT molecular complexity index is 248. The summed E-state index contributed by atoms with van der Waals surface area (Å²) in [5.74, 6) is 5.30. The Morgan fingerprint density at radius 2 is 2.27 bits per heavy atom. The zero-order chi connectivity index (χ0) is 8.27. The van der Waals surface area contributed by atoms with Gasteiger partial charge in [-0.25, -0.2) is 0 Å². The van der Waals surface area contributed by atoms with Crippen LogP contribution >= 0.6 is 12.6 Å². The van der Waals surface area contributed by atoms with Crippen LogP contribution in [0.1, 0.15) is 12.5 Å². The molecule has 3 heteroatoms. The van der Waals surface area contributed by atoms with Crippen molar-refractivity contribution in [2.45, 2.75) is 18.2 Å². The third-order valence-electron chi connectivity index (χ3n) is 1.63. The van der Waals surface area contributed by atoms with Gasteiger partial charge < -0.3 is 5.43 Å². The molecule has 1 aromatic rings. The maximum atomic E-state index is 5.30. The fourth-order valence-corrected chi connectivity index (χ4v) is 1.24. The molecule has 0 radical (unpaired) electrons. The van der Waals surface area contributed by atoms with Crippen molar-refractivity contribution in [1.82, 2.24) is 0 Å². The molecule has 0 aliphatic heterocycles. The standard InChI is InChI=1S/C8H12N2S/c1-2-6-5-7(11)3-4-8(6)10-9/h3-5,10-11H,2,9H2,1H3. The lowest BCUT2D eigenvalue weighted by Crippen LogP contribution is -2.08. The molecule has 0 amide bonds. The summed E-state index contributed by atoms with van der Waals surface area (Å²) in [6.07, 6.45) is 0.966. The lowest BCUT2D eigenvalue weighted by molar-refractivity contribution is 1.11. The van der Waals surface area contributed by atoms with E-state index in [9.17, 15) is 0 Å². The van der Waals surface area contributed by atoms with Crippen molar-refractivity contribution in [3.63, 3.8) is 0 Å². The molecule has 3 N–H and O–H groups in total. The van der Waals surface area contributed by atoms with E-state index in [2.05, 4.69) is 25.0 Å². The minimum Gasteiger partial charge on any atom is -0.324 e. The second-order valence-electron chi connectivity index (χ2n) is 2.34. The van der Waals surface area contributed by atoms with Crippen LogP contribution in [0, 0.1) is 0 Å². The molecule has 2 nitrogen and oxygen atoms in total. The van der Waals surface area contributed by atoms with Gasteiger partial charge in [0, 0.05) is 4.90 Å². The van der Waals surface area contributed by atoms with E-state index < -0.39 is 0 Å². The van der Waals surface area contributed by atoms with Crippen molar-refractivity contribution in [2.75, 3.05) is 5.43 Å². The number of nitrogens with one attached hydrogen (secondary N) is 1. The highest BCUT2D eigenvalue weighted by molar-refractivity contribution is 7.80. The Balaban J connectivity index is 3.06. The average Bonchev–Trinajstić information content (AvgIpc) is 2.04. The van der Waals surface area contributed by atoms with Crippen molar-refractivity contribution in [2.24, 2.45) is 5.84 Å². The van der Waals surface area contributed by atoms with Gasteiger partial charge in [-0.05, 0) is 30.2 Å². The number of hydrogen-bond acceptors (Lipinski definition) is 3. The monoisotopic (exact) mass is 168 g/mol. The van der Waals surface area contributed by atoms with E-state index >= 15 is 0 Å². The van der Waals surface area contributed by atoms with Gasteiger partial charge in [0.05, 0.1) is 5.69 Å². The van der Waals surface area contributed by atoms with E-state index in [1.807, 2.05) is 18.2 Å². The molecule has 0 bridgehead atoms. The Kier molecular flexibility index (Phi) is 2.79. The van der Waals surface area contributed by atoms with Crippen molar-refractivity contribution < 1.29 is 0 Å². The van der Waals surface area contributed by atoms with Crippen LogP contribution in [0.5, 0.6) is 0 Å². The van der Waals surface area contributed by atoms with Crippen molar-refractivity contribution in [1.29, 1.82) is 0 Å². The van der Waals surface area contributed by atoms with Crippen molar-refractivity contribution in [3.8, 4) is 0 Å². The van der Waals surface area contributed by atoms with Crippen LogP contribution in [-0.2, 0) is 6.42 Å². The number of anilines is 1. The van der Waals surface area contributed by atoms with Crippen LogP contribution in [0.25, 0.3) is 0 Å². The zero-order valence-electron chi connectivity index (χ0n) is 6.46. The Labute approximate surface area is 72.2 Å². The first kappa shape index (κ1) is 8.43. The van der Waals surface area contributed by atoms with Gasteiger partial charge in [0.2, 0.25) is 0 Å². The van der Waals surface area contributed by atoms with Crippen molar-refractivity contribution in [3.05, 3.63) is 23.8 Å². The summed E-state index contributed by atoms with van der Waals surface area (Å²) < 4.78 is 0. The van der Waals surface area contributed by atoms with E-state index in [1.54, 1.807) is 0 Å². The van der Waals surface area contributed by atoms with Gasteiger partial charge in [-0.15, -0.1) is 12.6 Å². The number of rotatable bonds is 2. The molecule has 0 aromatic heterocycles. The van der Waals surface area contributed by atoms with E-state index in [0.717, 1.165) is 17.0 Å². The molecule has 0 saturated carbocycles. The molecule has 0 atom stereocenters. The van der Waals surface area contributed by atoms with Crippen LogP contribution in [0.2, 0.25) is 0 Å². The van der Waals surface area contributed by atoms with Crippen LogP contribution < -0.4 is 11.3 Å². The molecule has 60 valence electrons. The molecule has 0 saturated heterocycles. The molecule has 0 heterocycles. The van der Waals surface area contributed by atoms with Gasteiger partial charge in [0.1, 0.15) is 0 Å². The predicted molar refractivity (Wildman–Crippen MR) is 50.9 cm³/mol. The Hall–Kier alpha value is -0.670. The molecule has 0 spiro atoms. The smallest absolute Gasteiger partial charge is 0.0517 e. The summed E-state index contributed by atoms with van der Waals surface area (Å²) in [5.41, 5.74) is 4.81. The fraction of sp³-hybridized carbons (Fsp3) is 0.250. The van der Waals surface area contributed by atoms with Crippen LogP contribution in [0.3, 0.4) is 0 Å². The minimum atomic E-state index is 0.966. The molecular formula is C8H12N2S. The summed E-state index contributed by atoms with van der Waals surface area (Å²) >= 11 is 4.23. The van der Waals surface area contributed by atoms with E-state index in [4.69, 9.17) is 5.84 Å². The van der Waals surface area contributed by atoms with Gasteiger partial charge in [-0.3, -0.25) is 5.84 Å². The number of benzene rings is 1. The summed E-state index contributed by atoms with van der Waals surface area (Å²) in [7, 11) is 0. The normalized spacial score (nSPS) is 9.73. The van der Waals surface area contributed by atoms with Gasteiger partial charge in [0.25, 0.3) is 0 Å². The average molecular weight is 168 g/mol. The van der Waals surface area contributed by atoms with Gasteiger partial charge in [0.15, 0.2) is 0 Å². The summed E-state index contributed by atoms with van der Waals surface area (Å²) in [6, 6.07) is 5.86. The molecule has 0 unspecified atom stereocenters. The summed E-state index contributed by atoms with van der Waals surface area (Å²) in [4.78, 5) is 0.973. The maximum absolute atomic E-state index is 5.30. The lowest BCUT2D eigenvalue weighted by atomic mass is 10.1. The van der Waals surface area contributed by atoms with Gasteiger partial charge in [-0.1, -0.05) is 6.92 Å². The minimum absolute atomic E-state index is 0.966. The number of hydrogen-bond donors (Lipinski definition) is 3. The highest BCUT2D eigenvalue weighted by Crippen LogP contribution is 2.18. The quantitative estimate of drug-likeness (QED) is 0.358. The zero-order valence-corrected chi connectivity index (χ0v) is 7.36. The first-order valence-corrected chi connectivity index (χ1v) is 4.01. The van der Waals surface area contributed by atoms with Crippen LogP contribution in [0.4, 0.5) is 5.69 Å². The number of nitrogens with two attached hydrogens (primary N) is 1. The molecule has 1 rings (SSSR count). The number of hydrazine groups is 1. The van der Waals surface area contributed by atoms with Crippen LogP contribution in [0.15, 0.2) is 23.1 Å². The van der Waals surface area contributed by atoms with Crippen molar-refractivity contribution >= 4 is 18.3 Å². The molecule has 0 aliphatic carbocycles. The highest BCUT2D eigenvalue weighted by Gasteiger charge is 1.97. The highest BCUT2D eigenvalue weighted by atomic mass is 32.1. The fourth-order valence-electron chi connectivity index (χ4n) is 1.01. The second-order valence-corrected chi connectivity index (χ2v) is 2.86. The first-order chi connectivity index (χ1) is 5.27. The number of nitrogen functional groups attached to an aromatic ring is 1. The number of thiol groups is 1. The molecular weight excluding hydrogens is 156 g/mol. The number of aryl methyl sites for hydroxylation is 1. The summed E-state index contributed by atoms with van der Waals surface area (Å²) in [6.45, 7) is 2.09. The second kappa shape index (κ2) is 3.64. The van der Waals surface area contributed by atoms with E-state index in [-0.39, 0.29) is 0 Å². The Morgan fingerprint density at radius 3 is 2.82 bits per heavy atom. The maximum Gasteiger partial charge on any atom is 0.0517 e. The third-order valence-corrected chi connectivity index (χ3v) is 1.90. The topological polar surface area (TPSA) is 38.0 Å². The van der Waals surface area contributed by atoms with E-state index in [1.165, 1.54) is 5.56 Å². The first-order valence-electron chi connectivity index (χ1n) is 3.56. The molecule has 0 aliphatic rings. The van der Waals surface area contributed by atoms with E-state index in [0.29, 0.717) is 0 Å². The molecule has 11 heavy (non-hydrogen) atoms. The van der Waals surface area contributed by atoms with Crippen LogP contribution in [-0.4, -0.2) is 0 Å². The SMILES string of the molecule is CCc1cc(S)ccc1NN. The third kappa shape index (κ3) is 1.88. The largest absolute Gasteiger partial charge is 0.324 e.